The number of amides is 1. The van der Waals surface area contributed by atoms with Crippen molar-refractivity contribution in [3.05, 3.63) is 52.6 Å². The Morgan fingerprint density at radius 1 is 1.27 bits per heavy atom. The van der Waals surface area contributed by atoms with Crippen LogP contribution in [0.25, 0.3) is 16.7 Å². The third kappa shape index (κ3) is 4.53. The Morgan fingerprint density at radius 2 is 2.04 bits per heavy atom. The molecule has 7 nitrogen and oxygen atoms in total. The number of hydrogen-bond acceptors (Lipinski definition) is 5. The second-order valence-electron chi connectivity index (χ2n) is 6.03. The standard InChI is InChI=1S/C18H21N5O2S/c1-12(24)20-8-2-7-19-10-13-3-5-15(6-4-13)23-11-14-9-16(26)21-17(14)22-18(23)25/h3-6,9,11,19,26H,2,7-8,10H2,1H3,(H,20,24)(H,21,22,25). The van der Waals surface area contributed by atoms with Crippen molar-refractivity contribution in [3.8, 4) is 5.69 Å². The van der Waals surface area contributed by atoms with Crippen LogP contribution in [0.3, 0.4) is 0 Å². The Hall–Kier alpha value is -2.58. The minimum atomic E-state index is -0.337. The maximum Gasteiger partial charge on any atom is 0.354 e. The number of nitrogens with one attached hydrogen (secondary N) is 3. The molecule has 3 rings (SSSR count). The minimum absolute atomic E-state index is 0.00580. The van der Waals surface area contributed by atoms with Crippen LogP contribution >= 0.6 is 12.6 Å². The van der Waals surface area contributed by atoms with E-state index in [1.54, 1.807) is 6.20 Å². The van der Waals surface area contributed by atoms with Gasteiger partial charge in [0.25, 0.3) is 0 Å². The van der Waals surface area contributed by atoms with E-state index in [0.717, 1.165) is 36.1 Å². The molecule has 2 heterocycles. The molecule has 0 aliphatic heterocycles. The van der Waals surface area contributed by atoms with Crippen molar-refractivity contribution in [3.63, 3.8) is 0 Å². The highest BCUT2D eigenvalue weighted by Crippen LogP contribution is 2.15. The van der Waals surface area contributed by atoms with Crippen LogP contribution in [0.2, 0.25) is 0 Å². The molecule has 0 aliphatic carbocycles. The predicted octanol–water partition coefficient (Wildman–Crippen LogP) is 1.62. The highest BCUT2D eigenvalue weighted by atomic mass is 32.1. The summed E-state index contributed by atoms with van der Waals surface area (Å²) in [5.74, 6) is -0.00580. The summed E-state index contributed by atoms with van der Waals surface area (Å²) in [5.41, 5.74) is 2.09. The van der Waals surface area contributed by atoms with Gasteiger partial charge in [-0.05, 0) is 36.7 Å². The number of thiol groups is 1. The lowest BCUT2D eigenvalue weighted by atomic mass is 10.2. The number of benzene rings is 1. The molecule has 3 aromatic rings. The zero-order chi connectivity index (χ0) is 18.5. The van der Waals surface area contributed by atoms with Crippen molar-refractivity contribution in [1.29, 1.82) is 0 Å². The molecule has 0 bridgehead atoms. The number of carbonyl (C=O) groups is 1. The number of nitrogens with zero attached hydrogens (tertiary/aromatic N) is 2. The summed E-state index contributed by atoms with van der Waals surface area (Å²) in [6, 6.07) is 9.59. The third-order valence-corrected chi connectivity index (χ3v) is 4.18. The summed E-state index contributed by atoms with van der Waals surface area (Å²) in [7, 11) is 0. The number of carbonyl (C=O) groups excluding carboxylic acids is 1. The average molecular weight is 371 g/mol. The predicted molar refractivity (Wildman–Crippen MR) is 104 cm³/mol. The fourth-order valence-electron chi connectivity index (χ4n) is 2.65. The molecule has 3 N–H and O–H groups in total. The van der Waals surface area contributed by atoms with Crippen molar-refractivity contribution >= 4 is 29.6 Å². The van der Waals surface area contributed by atoms with Crippen molar-refractivity contribution < 1.29 is 4.79 Å². The molecular formula is C18H21N5O2S. The first kappa shape index (κ1) is 18.2. The van der Waals surface area contributed by atoms with Crippen molar-refractivity contribution in [2.24, 2.45) is 0 Å². The van der Waals surface area contributed by atoms with Crippen LogP contribution in [0.1, 0.15) is 18.9 Å². The lowest BCUT2D eigenvalue weighted by molar-refractivity contribution is -0.118. The molecule has 1 aromatic carbocycles. The Balaban J connectivity index is 1.62. The van der Waals surface area contributed by atoms with Crippen LogP contribution in [-0.2, 0) is 11.3 Å². The van der Waals surface area contributed by atoms with Gasteiger partial charge >= 0.3 is 5.69 Å². The summed E-state index contributed by atoms with van der Waals surface area (Å²) < 4.78 is 1.52. The zero-order valence-corrected chi connectivity index (χ0v) is 15.3. The van der Waals surface area contributed by atoms with Gasteiger partial charge in [0.1, 0.15) is 5.65 Å². The fourth-order valence-corrected chi connectivity index (χ4v) is 2.89. The number of rotatable bonds is 7. The van der Waals surface area contributed by atoms with Gasteiger partial charge in [0.05, 0.1) is 10.7 Å². The van der Waals surface area contributed by atoms with E-state index in [2.05, 4.69) is 33.2 Å². The van der Waals surface area contributed by atoms with Gasteiger partial charge in [-0.25, -0.2) is 4.79 Å². The van der Waals surface area contributed by atoms with Crippen LogP contribution < -0.4 is 16.3 Å². The number of fused-ring (bicyclic) bond motifs is 1. The molecule has 0 atom stereocenters. The number of H-pyrrole nitrogens is 1. The molecule has 0 fully saturated rings. The number of aromatic nitrogens is 3. The normalized spacial score (nSPS) is 11.0. The van der Waals surface area contributed by atoms with E-state index in [0.29, 0.717) is 17.2 Å². The number of aromatic amines is 1. The maximum absolute atomic E-state index is 12.2. The van der Waals surface area contributed by atoms with Crippen LogP contribution in [-0.4, -0.2) is 33.5 Å². The van der Waals surface area contributed by atoms with Gasteiger partial charge in [-0.3, -0.25) is 9.36 Å². The first-order valence-electron chi connectivity index (χ1n) is 8.39. The molecule has 0 saturated heterocycles. The molecule has 0 radical (unpaired) electrons. The van der Waals surface area contributed by atoms with Crippen LogP contribution in [0.4, 0.5) is 0 Å². The second-order valence-corrected chi connectivity index (χ2v) is 6.51. The van der Waals surface area contributed by atoms with Crippen LogP contribution in [0, 0.1) is 0 Å². The molecule has 26 heavy (non-hydrogen) atoms. The van der Waals surface area contributed by atoms with Gasteiger partial charge in [-0.15, -0.1) is 12.6 Å². The molecule has 0 saturated carbocycles. The van der Waals surface area contributed by atoms with Gasteiger partial charge < -0.3 is 15.6 Å². The van der Waals surface area contributed by atoms with Gasteiger partial charge in [-0.1, -0.05) is 12.1 Å². The Bertz CT molecular complexity index is 962. The minimum Gasteiger partial charge on any atom is -0.356 e. The smallest absolute Gasteiger partial charge is 0.354 e. The van der Waals surface area contributed by atoms with Crippen LogP contribution in [0.5, 0.6) is 0 Å². The monoisotopic (exact) mass is 371 g/mol. The summed E-state index contributed by atoms with van der Waals surface area (Å²) >= 11 is 4.24. The van der Waals surface area contributed by atoms with E-state index >= 15 is 0 Å². The average Bonchev–Trinajstić information content (AvgIpc) is 2.96. The van der Waals surface area contributed by atoms with E-state index in [9.17, 15) is 9.59 Å². The molecule has 0 spiro atoms. The van der Waals surface area contributed by atoms with Crippen LogP contribution in [0.15, 0.2) is 46.3 Å². The third-order valence-electron chi connectivity index (χ3n) is 3.94. The first-order chi connectivity index (χ1) is 12.5. The van der Waals surface area contributed by atoms with E-state index in [1.165, 1.54) is 11.5 Å². The Labute approximate surface area is 156 Å². The lowest BCUT2D eigenvalue weighted by Gasteiger charge is -2.08. The van der Waals surface area contributed by atoms with Crippen molar-refractivity contribution in [2.45, 2.75) is 24.9 Å². The molecule has 136 valence electrons. The van der Waals surface area contributed by atoms with Gasteiger partial charge in [0, 0.05) is 31.6 Å². The maximum atomic E-state index is 12.2. The summed E-state index contributed by atoms with van der Waals surface area (Å²) in [6.45, 7) is 3.74. The molecule has 0 aliphatic rings. The quantitative estimate of drug-likeness (QED) is 0.375. The van der Waals surface area contributed by atoms with Gasteiger partial charge in [0.15, 0.2) is 0 Å². The largest absolute Gasteiger partial charge is 0.356 e. The molecule has 0 unspecified atom stereocenters. The van der Waals surface area contributed by atoms with Crippen molar-refractivity contribution in [1.82, 2.24) is 25.2 Å². The van der Waals surface area contributed by atoms with Gasteiger partial charge in [0.2, 0.25) is 5.91 Å². The summed E-state index contributed by atoms with van der Waals surface area (Å²) in [5, 5.41) is 7.60. The van der Waals surface area contributed by atoms with E-state index in [4.69, 9.17) is 0 Å². The number of hydrogen-bond donors (Lipinski definition) is 4. The van der Waals surface area contributed by atoms with E-state index in [-0.39, 0.29) is 11.6 Å². The Morgan fingerprint density at radius 3 is 2.77 bits per heavy atom. The lowest BCUT2D eigenvalue weighted by Crippen LogP contribution is -2.25. The molecule has 8 heteroatoms. The SMILES string of the molecule is CC(=O)NCCCNCc1ccc(-n2cc3cc(S)[nH]c3nc2=O)cc1. The second kappa shape index (κ2) is 8.20. The highest BCUT2D eigenvalue weighted by Gasteiger charge is 2.06. The first-order valence-corrected chi connectivity index (χ1v) is 8.83. The Kier molecular flexibility index (Phi) is 5.75. The topological polar surface area (TPSA) is 91.8 Å². The summed E-state index contributed by atoms with van der Waals surface area (Å²) in [6.07, 6.45) is 2.64. The molecule has 2 aromatic heterocycles. The molecule has 1 amide bonds. The molecular weight excluding hydrogens is 350 g/mol. The van der Waals surface area contributed by atoms with E-state index < -0.39 is 0 Å². The van der Waals surface area contributed by atoms with E-state index in [1.807, 2.05) is 30.3 Å². The highest BCUT2D eigenvalue weighted by molar-refractivity contribution is 7.80. The zero-order valence-electron chi connectivity index (χ0n) is 14.5. The fraction of sp³-hybridized carbons (Fsp3) is 0.278. The van der Waals surface area contributed by atoms with Gasteiger partial charge in [-0.2, -0.15) is 4.98 Å². The van der Waals surface area contributed by atoms with Crippen molar-refractivity contribution in [2.75, 3.05) is 13.1 Å². The summed E-state index contributed by atoms with van der Waals surface area (Å²) in [4.78, 5) is 30.0.